The maximum Gasteiger partial charge on any atom is 0.329 e. The molecule has 2 rings (SSSR count). The quantitative estimate of drug-likeness (QED) is 0.863. The van der Waals surface area contributed by atoms with Crippen molar-refractivity contribution in [1.82, 2.24) is 4.98 Å². The lowest BCUT2D eigenvalue weighted by molar-refractivity contribution is -0.142. The first-order valence-corrected chi connectivity index (χ1v) is 5.41. The van der Waals surface area contributed by atoms with Crippen molar-refractivity contribution in [1.29, 1.82) is 0 Å². The van der Waals surface area contributed by atoms with E-state index in [1.54, 1.807) is 0 Å². The van der Waals surface area contributed by atoms with E-state index in [2.05, 4.69) is 4.98 Å². The molecule has 0 radical (unpaired) electrons. The van der Waals surface area contributed by atoms with Crippen LogP contribution >= 0.6 is 11.3 Å². The van der Waals surface area contributed by atoms with Gasteiger partial charge in [0.25, 0.3) is 0 Å². The Balaban J connectivity index is 1.95. The molecule has 0 fully saturated rings. The highest BCUT2D eigenvalue weighted by Crippen LogP contribution is 2.23. The number of oxazole rings is 1. The highest BCUT2D eigenvalue weighted by Gasteiger charge is 2.07. The van der Waals surface area contributed by atoms with Gasteiger partial charge in [-0.25, -0.2) is 9.78 Å². The molecule has 0 bridgehead atoms. The number of carboxylic acids is 1. The summed E-state index contributed by atoms with van der Waals surface area (Å²) in [7, 11) is 0. The fourth-order valence-electron chi connectivity index (χ4n) is 1.13. The number of hydrogen-bond donors (Lipinski definition) is 1. The van der Waals surface area contributed by atoms with Crippen LogP contribution in [0.1, 0.15) is 5.69 Å². The van der Waals surface area contributed by atoms with Crippen molar-refractivity contribution in [3.8, 4) is 10.8 Å². The summed E-state index contributed by atoms with van der Waals surface area (Å²) >= 11 is 1.53. The van der Waals surface area contributed by atoms with Gasteiger partial charge >= 0.3 is 5.97 Å². The third-order valence-electron chi connectivity index (χ3n) is 1.76. The van der Waals surface area contributed by atoms with E-state index in [9.17, 15) is 4.79 Å². The van der Waals surface area contributed by atoms with Gasteiger partial charge in [0.1, 0.15) is 18.6 Å². The molecule has 2 heterocycles. The number of rotatable bonds is 5. The average Bonchev–Trinajstić information content (AvgIpc) is 2.85. The Kier molecular flexibility index (Phi) is 3.33. The molecule has 2 aromatic rings. The highest BCUT2D eigenvalue weighted by molar-refractivity contribution is 7.13. The van der Waals surface area contributed by atoms with Crippen LogP contribution in [-0.2, 0) is 16.1 Å². The molecule has 16 heavy (non-hydrogen) atoms. The van der Waals surface area contributed by atoms with Crippen molar-refractivity contribution in [3.05, 3.63) is 29.5 Å². The summed E-state index contributed by atoms with van der Waals surface area (Å²) in [6.45, 7) is -0.192. The smallest absolute Gasteiger partial charge is 0.329 e. The zero-order valence-corrected chi connectivity index (χ0v) is 9.07. The topological polar surface area (TPSA) is 72.6 Å². The number of thiophene rings is 1. The Hall–Kier alpha value is -1.66. The van der Waals surface area contributed by atoms with Crippen molar-refractivity contribution in [2.75, 3.05) is 6.61 Å². The van der Waals surface area contributed by atoms with E-state index in [1.807, 2.05) is 17.5 Å². The normalized spacial score (nSPS) is 10.5. The van der Waals surface area contributed by atoms with Crippen molar-refractivity contribution in [2.24, 2.45) is 0 Å². The van der Waals surface area contributed by atoms with Gasteiger partial charge in [0, 0.05) is 0 Å². The van der Waals surface area contributed by atoms with Gasteiger partial charge < -0.3 is 14.3 Å². The van der Waals surface area contributed by atoms with E-state index in [1.165, 1.54) is 17.6 Å². The summed E-state index contributed by atoms with van der Waals surface area (Å²) < 4.78 is 10.1. The summed E-state index contributed by atoms with van der Waals surface area (Å²) in [4.78, 5) is 15.3. The van der Waals surface area contributed by atoms with Gasteiger partial charge in [-0.2, -0.15) is 0 Å². The molecular weight excluding hydrogens is 230 g/mol. The van der Waals surface area contributed by atoms with E-state index in [-0.39, 0.29) is 13.2 Å². The van der Waals surface area contributed by atoms with E-state index in [0.29, 0.717) is 11.6 Å². The number of carboxylic acid groups (broad SMARTS) is 1. The minimum absolute atomic E-state index is 0.140. The highest BCUT2D eigenvalue weighted by atomic mass is 32.1. The average molecular weight is 239 g/mol. The van der Waals surface area contributed by atoms with Gasteiger partial charge in [0.05, 0.1) is 11.5 Å². The monoisotopic (exact) mass is 239 g/mol. The van der Waals surface area contributed by atoms with Gasteiger partial charge in [-0.1, -0.05) is 6.07 Å². The Labute approximate surface area is 95.3 Å². The molecule has 0 spiro atoms. The SMILES string of the molecule is O=C(O)COCc1coc(-c2cccs2)n1. The molecule has 0 aliphatic carbocycles. The number of carbonyl (C=O) groups is 1. The Morgan fingerprint density at radius 3 is 3.19 bits per heavy atom. The van der Waals surface area contributed by atoms with Gasteiger partial charge in [0.15, 0.2) is 0 Å². The second kappa shape index (κ2) is 4.91. The predicted molar refractivity (Wildman–Crippen MR) is 57.1 cm³/mol. The molecule has 0 unspecified atom stereocenters. The molecule has 0 atom stereocenters. The zero-order chi connectivity index (χ0) is 11.4. The molecule has 0 saturated heterocycles. The molecule has 2 aromatic heterocycles. The van der Waals surface area contributed by atoms with Crippen LogP contribution in [0.3, 0.4) is 0 Å². The molecule has 0 amide bonds. The lowest BCUT2D eigenvalue weighted by Gasteiger charge is -1.95. The minimum atomic E-state index is -0.998. The predicted octanol–water partition coefficient (Wildman–Crippen LogP) is 2.00. The fourth-order valence-corrected chi connectivity index (χ4v) is 1.79. The van der Waals surface area contributed by atoms with Crippen molar-refractivity contribution < 1.29 is 19.1 Å². The van der Waals surface area contributed by atoms with Gasteiger partial charge in [-0.05, 0) is 11.4 Å². The Morgan fingerprint density at radius 2 is 2.50 bits per heavy atom. The van der Waals surface area contributed by atoms with E-state index < -0.39 is 5.97 Å². The summed E-state index contributed by atoms with van der Waals surface area (Å²) in [5.74, 6) is -0.467. The molecule has 5 nitrogen and oxygen atoms in total. The Bertz CT molecular complexity index is 463. The van der Waals surface area contributed by atoms with Crippen LogP contribution in [0.2, 0.25) is 0 Å². The van der Waals surface area contributed by atoms with Gasteiger partial charge in [0.2, 0.25) is 5.89 Å². The molecule has 0 aliphatic heterocycles. The maximum absolute atomic E-state index is 10.2. The molecule has 6 heteroatoms. The second-order valence-corrected chi connectivity index (χ2v) is 3.96. The van der Waals surface area contributed by atoms with Crippen LogP contribution in [0.5, 0.6) is 0 Å². The lowest BCUT2D eigenvalue weighted by Crippen LogP contribution is -2.06. The van der Waals surface area contributed by atoms with E-state index in [4.69, 9.17) is 14.3 Å². The molecule has 0 saturated carbocycles. The standard InChI is InChI=1S/C10H9NO4S/c12-9(13)6-14-4-7-5-15-10(11-7)8-2-1-3-16-8/h1-3,5H,4,6H2,(H,12,13). The molecule has 0 aromatic carbocycles. The lowest BCUT2D eigenvalue weighted by atomic mass is 10.4. The maximum atomic E-state index is 10.2. The van der Waals surface area contributed by atoms with E-state index >= 15 is 0 Å². The van der Waals surface area contributed by atoms with Crippen LogP contribution in [0, 0.1) is 0 Å². The molecule has 0 aliphatic rings. The Morgan fingerprint density at radius 1 is 1.62 bits per heavy atom. The summed E-state index contributed by atoms with van der Waals surface area (Å²) in [6, 6.07) is 3.81. The molecule has 1 N–H and O–H groups in total. The van der Waals surface area contributed by atoms with E-state index in [0.717, 1.165) is 4.88 Å². The fraction of sp³-hybridized carbons (Fsp3) is 0.200. The first-order chi connectivity index (χ1) is 7.75. The van der Waals surface area contributed by atoms with Gasteiger partial charge in [-0.3, -0.25) is 0 Å². The van der Waals surface area contributed by atoms with Crippen LogP contribution in [0.25, 0.3) is 10.8 Å². The third-order valence-corrected chi connectivity index (χ3v) is 2.62. The van der Waals surface area contributed by atoms with Crippen LogP contribution in [-0.4, -0.2) is 22.7 Å². The van der Waals surface area contributed by atoms with Crippen LogP contribution in [0.15, 0.2) is 28.2 Å². The van der Waals surface area contributed by atoms with Gasteiger partial charge in [-0.15, -0.1) is 11.3 Å². The number of ether oxygens (including phenoxy) is 1. The van der Waals surface area contributed by atoms with Crippen LogP contribution in [0.4, 0.5) is 0 Å². The molecular formula is C10H9NO4S. The number of aliphatic carboxylic acids is 1. The van der Waals surface area contributed by atoms with Crippen molar-refractivity contribution in [3.63, 3.8) is 0 Å². The van der Waals surface area contributed by atoms with Crippen molar-refractivity contribution >= 4 is 17.3 Å². The number of hydrogen-bond acceptors (Lipinski definition) is 5. The zero-order valence-electron chi connectivity index (χ0n) is 8.25. The largest absolute Gasteiger partial charge is 0.480 e. The number of aromatic nitrogens is 1. The first kappa shape index (κ1) is 10.8. The summed E-state index contributed by atoms with van der Waals surface area (Å²) in [5.41, 5.74) is 0.588. The van der Waals surface area contributed by atoms with Crippen molar-refractivity contribution in [2.45, 2.75) is 6.61 Å². The van der Waals surface area contributed by atoms with Crippen LogP contribution < -0.4 is 0 Å². The first-order valence-electron chi connectivity index (χ1n) is 4.53. The number of nitrogens with zero attached hydrogens (tertiary/aromatic N) is 1. The summed E-state index contributed by atoms with van der Waals surface area (Å²) in [5, 5.41) is 10.3. The third kappa shape index (κ3) is 2.68. The minimum Gasteiger partial charge on any atom is -0.480 e. The second-order valence-electron chi connectivity index (χ2n) is 3.01. The molecule has 84 valence electrons. The summed E-state index contributed by atoms with van der Waals surface area (Å²) in [6.07, 6.45) is 1.47.